The lowest BCUT2D eigenvalue weighted by atomic mass is 10.1. The maximum absolute atomic E-state index is 12.3. The molecule has 2 rings (SSSR count). The Morgan fingerprint density at radius 3 is 2.57 bits per heavy atom. The van der Waals surface area contributed by atoms with E-state index in [0.29, 0.717) is 5.75 Å². The first-order valence-corrected chi connectivity index (χ1v) is 7.47. The van der Waals surface area contributed by atoms with Gasteiger partial charge in [-0.05, 0) is 45.0 Å². The minimum absolute atomic E-state index is 0.103. The molecule has 124 valence electrons. The summed E-state index contributed by atoms with van der Waals surface area (Å²) in [6, 6.07) is 7.27. The van der Waals surface area contributed by atoms with E-state index in [0.717, 1.165) is 22.7 Å². The predicted molar refractivity (Wildman–Crippen MR) is 87.8 cm³/mol. The van der Waals surface area contributed by atoms with Crippen molar-refractivity contribution in [1.29, 1.82) is 0 Å². The Kier molecular flexibility index (Phi) is 5.26. The molecule has 1 heterocycles. The van der Waals surface area contributed by atoms with E-state index in [1.165, 1.54) is 0 Å². The van der Waals surface area contributed by atoms with Gasteiger partial charge in [0.2, 0.25) is 5.91 Å². The topological polar surface area (TPSA) is 65.4 Å². The number of hydrogen-bond donors (Lipinski definition) is 1. The monoisotopic (exact) mass is 317 g/mol. The number of aromatic nitrogens is 2. The molecule has 0 fully saturated rings. The van der Waals surface area contributed by atoms with Crippen LogP contribution < -0.4 is 14.8 Å². The lowest BCUT2D eigenvalue weighted by Crippen LogP contribution is -2.31. The van der Waals surface area contributed by atoms with Gasteiger partial charge in [0.05, 0.1) is 26.0 Å². The molecular formula is C17H23N3O3. The average molecular weight is 317 g/mol. The summed E-state index contributed by atoms with van der Waals surface area (Å²) in [5.41, 5.74) is 2.73. The molecule has 1 unspecified atom stereocenters. The Balaban J connectivity index is 2.10. The van der Waals surface area contributed by atoms with Crippen LogP contribution in [0.5, 0.6) is 11.5 Å². The SMILES string of the molecule is COc1ccc(OC)c(C(C)NC(=O)Cn2nc(C)cc2C)c1. The molecule has 0 bridgehead atoms. The first-order valence-electron chi connectivity index (χ1n) is 7.47. The van der Waals surface area contributed by atoms with Crippen molar-refractivity contribution < 1.29 is 14.3 Å². The van der Waals surface area contributed by atoms with E-state index in [1.54, 1.807) is 18.9 Å². The smallest absolute Gasteiger partial charge is 0.242 e. The Labute approximate surface area is 136 Å². The van der Waals surface area contributed by atoms with E-state index in [-0.39, 0.29) is 18.5 Å². The molecule has 0 saturated carbocycles. The number of amides is 1. The number of methoxy groups -OCH3 is 2. The molecule has 6 nitrogen and oxygen atoms in total. The van der Waals surface area contributed by atoms with Crippen molar-refractivity contribution in [2.45, 2.75) is 33.4 Å². The highest BCUT2D eigenvalue weighted by atomic mass is 16.5. The van der Waals surface area contributed by atoms with Crippen molar-refractivity contribution in [1.82, 2.24) is 15.1 Å². The van der Waals surface area contributed by atoms with Crippen molar-refractivity contribution in [3.63, 3.8) is 0 Å². The van der Waals surface area contributed by atoms with E-state index < -0.39 is 0 Å². The first-order chi connectivity index (χ1) is 10.9. The van der Waals surface area contributed by atoms with E-state index in [1.807, 2.05) is 45.0 Å². The highest BCUT2D eigenvalue weighted by molar-refractivity contribution is 5.76. The summed E-state index contributed by atoms with van der Waals surface area (Å²) in [7, 11) is 3.22. The second-order valence-corrected chi connectivity index (χ2v) is 5.48. The van der Waals surface area contributed by atoms with Gasteiger partial charge in [0.15, 0.2) is 0 Å². The minimum Gasteiger partial charge on any atom is -0.497 e. The fourth-order valence-corrected chi connectivity index (χ4v) is 2.51. The number of carbonyl (C=O) groups excluding carboxylic acids is 1. The normalized spacial score (nSPS) is 11.9. The highest BCUT2D eigenvalue weighted by Gasteiger charge is 2.16. The van der Waals surface area contributed by atoms with Gasteiger partial charge in [-0.15, -0.1) is 0 Å². The highest BCUT2D eigenvalue weighted by Crippen LogP contribution is 2.29. The molecule has 1 aromatic carbocycles. The Hall–Kier alpha value is -2.50. The molecule has 6 heteroatoms. The molecule has 1 amide bonds. The van der Waals surface area contributed by atoms with Gasteiger partial charge in [-0.3, -0.25) is 9.48 Å². The number of ether oxygens (including phenoxy) is 2. The van der Waals surface area contributed by atoms with Crippen molar-refractivity contribution in [2.75, 3.05) is 14.2 Å². The molecule has 1 aromatic heterocycles. The van der Waals surface area contributed by atoms with E-state index in [4.69, 9.17) is 9.47 Å². The number of rotatable bonds is 6. The first kappa shape index (κ1) is 16.9. The number of carbonyl (C=O) groups is 1. The molecule has 2 aromatic rings. The van der Waals surface area contributed by atoms with E-state index >= 15 is 0 Å². The van der Waals surface area contributed by atoms with Gasteiger partial charge in [-0.1, -0.05) is 0 Å². The van der Waals surface area contributed by atoms with Gasteiger partial charge in [0.1, 0.15) is 18.0 Å². The van der Waals surface area contributed by atoms with Gasteiger partial charge in [0.25, 0.3) is 0 Å². The van der Waals surface area contributed by atoms with Crippen LogP contribution in [0.2, 0.25) is 0 Å². The quantitative estimate of drug-likeness (QED) is 0.888. The molecule has 0 aliphatic carbocycles. The van der Waals surface area contributed by atoms with Crippen LogP contribution in [0.4, 0.5) is 0 Å². The summed E-state index contributed by atoms with van der Waals surface area (Å²) in [6.07, 6.45) is 0. The van der Waals surface area contributed by atoms with Crippen LogP contribution >= 0.6 is 0 Å². The van der Waals surface area contributed by atoms with Gasteiger partial charge in [0, 0.05) is 11.3 Å². The zero-order chi connectivity index (χ0) is 17.0. The van der Waals surface area contributed by atoms with Gasteiger partial charge < -0.3 is 14.8 Å². The van der Waals surface area contributed by atoms with Crippen LogP contribution in [0.25, 0.3) is 0 Å². The number of aryl methyl sites for hydroxylation is 2. The van der Waals surface area contributed by atoms with Crippen LogP contribution in [0, 0.1) is 13.8 Å². The zero-order valence-corrected chi connectivity index (χ0v) is 14.2. The summed E-state index contributed by atoms with van der Waals surface area (Å²) >= 11 is 0. The molecule has 0 saturated heterocycles. The number of nitrogens with zero attached hydrogens (tertiary/aromatic N) is 2. The van der Waals surface area contributed by atoms with Crippen molar-refractivity contribution >= 4 is 5.91 Å². The minimum atomic E-state index is -0.204. The summed E-state index contributed by atoms with van der Waals surface area (Å²) in [6.45, 7) is 5.94. The molecule has 1 atom stereocenters. The van der Waals surface area contributed by atoms with Crippen molar-refractivity contribution in [2.24, 2.45) is 0 Å². The Bertz CT molecular complexity index is 694. The number of hydrogen-bond acceptors (Lipinski definition) is 4. The number of benzene rings is 1. The Morgan fingerprint density at radius 1 is 1.26 bits per heavy atom. The summed E-state index contributed by atoms with van der Waals surface area (Å²) in [5.74, 6) is 1.33. The van der Waals surface area contributed by atoms with Crippen LogP contribution in [-0.4, -0.2) is 29.9 Å². The Morgan fingerprint density at radius 2 is 2.00 bits per heavy atom. The van der Waals surface area contributed by atoms with Gasteiger partial charge in [-0.25, -0.2) is 0 Å². The molecule has 1 N–H and O–H groups in total. The van der Waals surface area contributed by atoms with Gasteiger partial charge >= 0.3 is 0 Å². The van der Waals surface area contributed by atoms with E-state index in [2.05, 4.69) is 10.4 Å². The summed E-state index contributed by atoms with van der Waals surface area (Å²) < 4.78 is 12.3. The van der Waals surface area contributed by atoms with Crippen LogP contribution in [0.15, 0.2) is 24.3 Å². The van der Waals surface area contributed by atoms with Crippen LogP contribution in [0.3, 0.4) is 0 Å². The lowest BCUT2D eigenvalue weighted by molar-refractivity contribution is -0.122. The molecule has 23 heavy (non-hydrogen) atoms. The van der Waals surface area contributed by atoms with Crippen LogP contribution in [-0.2, 0) is 11.3 Å². The van der Waals surface area contributed by atoms with Crippen LogP contribution in [0.1, 0.15) is 29.9 Å². The molecular weight excluding hydrogens is 294 g/mol. The second kappa shape index (κ2) is 7.17. The third-order valence-electron chi connectivity index (χ3n) is 3.68. The largest absolute Gasteiger partial charge is 0.497 e. The van der Waals surface area contributed by atoms with Crippen molar-refractivity contribution in [3.8, 4) is 11.5 Å². The fourth-order valence-electron chi connectivity index (χ4n) is 2.51. The molecule has 0 aliphatic heterocycles. The summed E-state index contributed by atoms with van der Waals surface area (Å²) in [5, 5.41) is 7.27. The van der Waals surface area contributed by atoms with Gasteiger partial charge in [-0.2, -0.15) is 5.10 Å². The maximum Gasteiger partial charge on any atom is 0.242 e. The predicted octanol–water partition coefficient (Wildman–Crippen LogP) is 2.39. The molecule has 0 spiro atoms. The third-order valence-corrected chi connectivity index (χ3v) is 3.68. The molecule has 0 radical (unpaired) electrons. The second-order valence-electron chi connectivity index (χ2n) is 5.48. The average Bonchev–Trinajstić information content (AvgIpc) is 2.83. The summed E-state index contributed by atoms with van der Waals surface area (Å²) in [4.78, 5) is 12.3. The van der Waals surface area contributed by atoms with E-state index in [9.17, 15) is 4.79 Å². The lowest BCUT2D eigenvalue weighted by Gasteiger charge is -2.18. The maximum atomic E-state index is 12.3. The fraction of sp³-hybridized carbons (Fsp3) is 0.412. The zero-order valence-electron chi connectivity index (χ0n) is 14.2. The molecule has 0 aliphatic rings. The number of nitrogens with one attached hydrogen (secondary N) is 1. The third kappa shape index (κ3) is 4.03. The van der Waals surface area contributed by atoms with Crippen molar-refractivity contribution in [3.05, 3.63) is 41.2 Å². The standard InChI is InChI=1S/C17H23N3O3/c1-11-8-12(2)20(19-11)10-17(21)18-13(3)15-9-14(22-4)6-7-16(15)23-5/h6-9,13H,10H2,1-5H3,(H,18,21).